The zero-order chi connectivity index (χ0) is 14.9. The number of hydrogen-bond acceptors (Lipinski definition) is 3. The Balaban J connectivity index is 1.67. The molecule has 114 valence electrons. The smallest absolute Gasteiger partial charge is 0.306 e. The van der Waals surface area contributed by atoms with E-state index in [2.05, 4.69) is 41.3 Å². The van der Waals surface area contributed by atoms with Crippen LogP contribution in [0.4, 0.5) is 0 Å². The van der Waals surface area contributed by atoms with Crippen molar-refractivity contribution in [3.8, 4) is 0 Å². The van der Waals surface area contributed by atoms with Crippen LogP contribution in [0.2, 0.25) is 0 Å². The standard InChI is InChI=1S/C18H25NO2/c1-2-21-18(20)15-17-10-13-19(14-11-17)12-6-9-16-7-4-3-5-8-16/h3-9,17H,2,10-15H2,1H3/b9-6+. The van der Waals surface area contributed by atoms with Gasteiger partial charge in [-0.2, -0.15) is 0 Å². The van der Waals surface area contributed by atoms with Crippen LogP contribution in [0.3, 0.4) is 0 Å². The van der Waals surface area contributed by atoms with Gasteiger partial charge in [0.25, 0.3) is 0 Å². The number of esters is 1. The molecule has 1 aliphatic rings. The second kappa shape index (κ2) is 8.63. The van der Waals surface area contributed by atoms with E-state index in [1.807, 2.05) is 13.0 Å². The average Bonchev–Trinajstić information content (AvgIpc) is 2.50. The van der Waals surface area contributed by atoms with E-state index in [0.717, 1.165) is 32.5 Å². The Morgan fingerprint density at radius 1 is 1.29 bits per heavy atom. The number of piperidine rings is 1. The Morgan fingerprint density at radius 3 is 2.67 bits per heavy atom. The summed E-state index contributed by atoms with van der Waals surface area (Å²) in [6.07, 6.45) is 7.17. The van der Waals surface area contributed by atoms with E-state index in [0.29, 0.717) is 18.9 Å². The SMILES string of the molecule is CCOC(=O)CC1CCN(C/C=C/c2ccccc2)CC1. The Bertz CT molecular complexity index is 448. The highest BCUT2D eigenvalue weighted by atomic mass is 16.5. The summed E-state index contributed by atoms with van der Waals surface area (Å²) in [4.78, 5) is 13.9. The summed E-state index contributed by atoms with van der Waals surface area (Å²) >= 11 is 0. The Hall–Kier alpha value is -1.61. The number of ether oxygens (including phenoxy) is 1. The van der Waals surface area contributed by atoms with E-state index in [-0.39, 0.29) is 5.97 Å². The molecule has 3 nitrogen and oxygen atoms in total. The van der Waals surface area contributed by atoms with E-state index >= 15 is 0 Å². The highest BCUT2D eigenvalue weighted by Gasteiger charge is 2.21. The topological polar surface area (TPSA) is 29.5 Å². The van der Waals surface area contributed by atoms with Crippen molar-refractivity contribution < 1.29 is 9.53 Å². The zero-order valence-corrected chi connectivity index (χ0v) is 12.8. The second-order valence-corrected chi connectivity index (χ2v) is 5.57. The van der Waals surface area contributed by atoms with E-state index in [9.17, 15) is 4.79 Å². The predicted octanol–water partition coefficient (Wildman–Crippen LogP) is 3.37. The first-order valence-electron chi connectivity index (χ1n) is 7.87. The lowest BCUT2D eigenvalue weighted by Crippen LogP contribution is -2.34. The fourth-order valence-electron chi connectivity index (χ4n) is 2.73. The molecule has 0 aromatic heterocycles. The van der Waals surface area contributed by atoms with Gasteiger partial charge in [-0.3, -0.25) is 9.69 Å². The van der Waals surface area contributed by atoms with Crippen LogP contribution in [-0.2, 0) is 9.53 Å². The summed E-state index contributed by atoms with van der Waals surface area (Å²) in [6.45, 7) is 5.48. The van der Waals surface area contributed by atoms with Gasteiger partial charge in [0.15, 0.2) is 0 Å². The molecule has 21 heavy (non-hydrogen) atoms. The summed E-state index contributed by atoms with van der Waals surface area (Å²) < 4.78 is 5.02. The van der Waals surface area contributed by atoms with Gasteiger partial charge in [-0.15, -0.1) is 0 Å². The molecule has 1 fully saturated rings. The molecule has 0 unspecified atom stereocenters. The lowest BCUT2D eigenvalue weighted by molar-refractivity contribution is -0.144. The molecule has 1 heterocycles. The average molecular weight is 287 g/mol. The molecular weight excluding hydrogens is 262 g/mol. The lowest BCUT2D eigenvalue weighted by Gasteiger charge is -2.30. The van der Waals surface area contributed by atoms with Gasteiger partial charge in [0, 0.05) is 13.0 Å². The molecule has 0 radical (unpaired) electrons. The molecule has 2 rings (SSSR count). The Morgan fingerprint density at radius 2 is 2.00 bits per heavy atom. The molecular formula is C18H25NO2. The number of likely N-dealkylation sites (tertiary alicyclic amines) is 1. The first-order valence-corrected chi connectivity index (χ1v) is 7.87. The van der Waals surface area contributed by atoms with Crippen molar-refractivity contribution in [3.05, 3.63) is 42.0 Å². The van der Waals surface area contributed by atoms with E-state index in [1.54, 1.807) is 0 Å². The third-order valence-electron chi connectivity index (χ3n) is 3.94. The van der Waals surface area contributed by atoms with Crippen molar-refractivity contribution in [2.45, 2.75) is 26.2 Å². The number of carbonyl (C=O) groups is 1. The summed E-state index contributed by atoms with van der Waals surface area (Å²) in [5, 5.41) is 0. The molecule has 0 bridgehead atoms. The maximum Gasteiger partial charge on any atom is 0.306 e. The molecule has 0 N–H and O–H groups in total. The summed E-state index contributed by atoms with van der Waals surface area (Å²) in [5.74, 6) is 0.457. The molecule has 1 aromatic rings. The van der Waals surface area contributed by atoms with Crippen molar-refractivity contribution in [2.75, 3.05) is 26.2 Å². The van der Waals surface area contributed by atoms with Crippen molar-refractivity contribution in [2.24, 2.45) is 5.92 Å². The maximum atomic E-state index is 11.5. The largest absolute Gasteiger partial charge is 0.466 e. The third kappa shape index (κ3) is 5.72. The summed E-state index contributed by atoms with van der Waals surface area (Å²) in [7, 11) is 0. The predicted molar refractivity (Wildman–Crippen MR) is 85.9 cm³/mol. The third-order valence-corrected chi connectivity index (χ3v) is 3.94. The summed E-state index contributed by atoms with van der Waals surface area (Å²) in [6, 6.07) is 10.4. The van der Waals surface area contributed by atoms with Crippen LogP contribution < -0.4 is 0 Å². The van der Waals surface area contributed by atoms with Gasteiger partial charge in [-0.25, -0.2) is 0 Å². The molecule has 1 aromatic carbocycles. The summed E-state index contributed by atoms with van der Waals surface area (Å²) in [5.41, 5.74) is 1.25. The van der Waals surface area contributed by atoms with Crippen molar-refractivity contribution in [1.82, 2.24) is 4.90 Å². The van der Waals surface area contributed by atoms with Gasteiger partial charge in [-0.1, -0.05) is 42.5 Å². The fraction of sp³-hybridized carbons (Fsp3) is 0.500. The number of hydrogen-bond donors (Lipinski definition) is 0. The molecule has 1 aliphatic heterocycles. The van der Waals surface area contributed by atoms with Crippen LogP contribution in [0, 0.1) is 5.92 Å². The highest BCUT2D eigenvalue weighted by molar-refractivity contribution is 5.69. The minimum atomic E-state index is -0.0417. The van der Waals surface area contributed by atoms with Crippen molar-refractivity contribution >= 4 is 12.0 Å². The van der Waals surface area contributed by atoms with E-state index < -0.39 is 0 Å². The van der Waals surface area contributed by atoms with Crippen molar-refractivity contribution in [1.29, 1.82) is 0 Å². The minimum absolute atomic E-state index is 0.0417. The maximum absolute atomic E-state index is 11.5. The Kier molecular flexibility index (Phi) is 6.48. The number of carbonyl (C=O) groups excluding carboxylic acids is 1. The van der Waals surface area contributed by atoms with Crippen LogP contribution in [0.25, 0.3) is 6.08 Å². The van der Waals surface area contributed by atoms with Gasteiger partial charge < -0.3 is 4.74 Å². The molecule has 3 heteroatoms. The van der Waals surface area contributed by atoms with Crippen LogP contribution in [0.5, 0.6) is 0 Å². The van der Waals surface area contributed by atoms with E-state index in [4.69, 9.17) is 4.74 Å². The first kappa shape index (κ1) is 15.8. The molecule has 1 saturated heterocycles. The fourth-order valence-corrected chi connectivity index (χ4v) is 2.73. The second-order valence-electron chi connectivity index (χ2n) is 5.57. The van der Waals surface area contributed by atoms with Gasteiger partial charge in [-0.05, 0) is 44.3 Å². The highest BCUT2D eigenvalue weighted by Crippen LogP contribution is 2.20. The van der Waals surface area contributed by atoms with Crippen LogP contribution in [-0.4, -0.2) is 37.1 Å². The normalized spacial score (nSPS) is 17.2. The quantitative estimate of drug-likeness (QED) is 0.751. The Labute approximate surface area is 127 Å². The first-order chi connectivity index (χ1) is 10.3. The van der Waals surface area contributed by atoms with Crippen LogP contribution in [0.1, 0.15) is 31.7 Å². The molecule has 0 amide bonds. The zero-order valence-electron chi connectivity index (χ0n) is 12.8. The molecule has 0 saturated carbocycles. The number of benzene rings is 1. The van der Waals surface area contributed by atoms with Gasteiger partial charge >= 0.3 is 5.97 Å². The van der Waals surface area contributed by atoms with Gasteiger partial charge in [0.1, 0.15) is 0 Å². The van der Waals surface area contributed by atoms with Crippen LogP contribution in [0.15, 0.2) is 36.4 Å². The number of nitrogens with zero attached hydrogens (tertiary/aromatic N) is 1. The van der Waals surface area contributed by atoms with Gasteiger partial charge in [0.2, 0.25) is 0 Å². The van der Waals surface area contributed by atoms with Gasteiger partial charge in [0.05, 0.1) is 6.61 Å². The van der Waals surface area contributed by atoms with E-state index in [1.165, 1.54) is 5.56 Å². The lowest BCUT2D eigenvalue weighted by atomic mass is 9.93. The molecule has 0 aliphatic carbocycles. The van der Waals surface area contributed by atoms with Crippen LogP contribution >= 0.6 is 0 Å². The van der Waals surface area contributed by atoms with Crippen molar-refractivity contribution in [3.63, 3.8) is 0 Å². The minimum Gasteiger partial charge on any atom is -0.466 e. The molecule has 0 atom stereocenters. The molecule has 0 spiro atoms. The monoisotopic (exact) mass is 287 g/mol. The number of rotatable bonds is 6.